The average molecular weight is 442 g/mol. The van der Waals surface area contributed by atoms with Gasteiger partial charge in [-0.1, -0.05) is 0 Å². The topological polar surface area (TPSA) is 79.2 Å². The molecule has 0 radical (unpaired) electrons. The van der Waals surface area contributed by atoms with Gasteiger partial charge in [-0.25, -0.2) is 4.98 Å². The Hall–Kier alpha value is -2.75. The number of ether oxygens (including phenoxy) is 1. The Morgan fingerprint density at radius 3 is 2.68 bits per heavy atom. The lowest BCUT2D eigenvalue weighted by atomic mass is 10.2. The van der Waals surface area contributed by atoms with Gasteiger partial charge in [0.2, 0.25) is 5.91 Å². The van der Waals surface area contributed by atoms with Gasteiger partial charge < -0.3 is 10.1 Å². The lowest BCUT2D eigenvalue weighted by Crippen LogP contribution is -2.52. The SMILES string of the molecule is CCOc1ccc(NC(=O)C(C)N2CCN(Cc3cc(=O)n4ccsc4n3)CC2)cc1. The molecule has 1 aromatic carbocycles. The number of carbonyl (C=O) groups excluding carboxylic acids is 1. The molecule has 4 rings (SSSR count). The fourth-order valence-electron chi connectivity index (χ4n) is 3.72. The Labute approximate surface area is 185 Å². The van der Waals surface area contributed by atoms with Crippen LogP contribution >= 0.6 is 11.3 Å². The molecule has 1 aliphatic rings. The minimum absolute atomic E-state index is 0.0181. The summed E-state index contributed by atoms with van der Waals surface area (Å²) in [5.41, 5.74) is 1.52. The largest absolute Gasteiger partial charge is 0.494 e. The van der Waals surface area contributed by atoms with Gasteiger partial charge in [0, 0.05) is 56.1 Å². The van der Waals surface area contributed by atoms with Crippen LogP contribution < -0.4 is 15.6 Å². The van der Waals surface area contributed by atoms with Crippen LogP contribution in [-0.4, -0.2) is 63.9 Å². The van der Waals surface area contributed by atoms with Gasteiger partial charge in [0.1, 0.15) is 5.75 Å². The van der Waals surface area contributed by atoms with E-state index in [4.69, 9.17) is 4.74 Å². The third-order valence-electron chi connectivity index (χ3n) is 5.51. The van der Waals surface area contributed by atoms with E-state index >= 15 is 0 Å². The molecular formula is C22H27N5O3S. The molecule has 3 heterocycles. The predicted molar refractivity (Wildman–Crippen MR) is 122 cm³/mol. The number of rotatable bonds is 7. The third kappa shape index (κ3) is 5.12. The highest BCUT2D eigenvalue weighted by Crippen LogP contribution is 2.17. The number of thiazole rings is 1. The maximum absolute atomic E-state index is 12.7. The van der Waals surface area contributed by atoms with Crippen LogP contribution in [0.15, 0.2) is 46.7 Å². The molecule has 0 bridgehead atoms. The standard InChI is InChI=1S/C22H27N5O3S/c1-3-30-19-6-4-17(5-7-19)23-21(29)16(2)26-10-8-25(9-11-26)15-18-14-20(28)27-12-13-31-22(27)24-18/h4-7,12-14,16H,3,8-11,15H2,1-2H3,(H,23,29). The van der Waals surface area contributed by atoms with Gasteiger partial charge in [0.15, 0.2) is 4.96 Å². The summed E-state index contributed by atoms with van der Waals surface area (Å²) in [5.74, 6) is 0.774. The summed E-state index contributed by atoms with van der Waals surface area (Å²) in [6, 6.07) is 8.81. The molecule has 9 heteroatoms. The van der Waals surface area contributed by atoms with Crippen molar-refractivity contribution in [1.29, 1.82) is 0 Å². The molecule has 164 valence electrons. The summed E-state index contributed by atoms with van der Waals surface area (Å²) >= 11 is 1.46. The Morgan fingerprint density at radius 2 is 1.97 bits per heavy atom. The second-order valence-corrected chi connectivity index (χ2v) is 8.45. The Morgan fingerprint density at radius 1 is 1.23 bits per heavy atom. The molecule has 1 unspecified atom stereocenters. The van der Waals surface area contributed by atoms with Crippen molar-refractivity contribution in [3.8, 4) is 5.75 Å². The summed E-state index contributed by atoms with van der Waals surface area (Å²) in [6.45, 7) is 8.37. The summed E-state index contributed by atoms with van der Waals surface area (Å²) < 4.78 is 7.00. The van der Waals surface area contributed by atoms with Crippen molar-refractivity contribution in [3.05, 3.63) is 58.0 Å². The number of nitrogens with zero attached hydrogens (tertiary/aromatic N) is 4. The first-order valence-corrected chi connectivity index (χ1v) is 11.4. The van der Waals surface area contributed by atoms with Crippen molar-refractivity contribution in [2.75, 3.05) is 38.1 Å². The Kier molecular flexibility index (Phi) is 6.64. The molecule has 1 amide bonds. The molecule has 1 N–H and O–H groups in total. The van der Waals surface area contributed by atoms with Crippen LogP contribution in [0.1, 0.15) is 19.5 Å². The summed E-state index contributed by atoms with van der Waals surface area (Å²) in [4.78, 5) is 34.6. The van der Waals surface area contributed by atoms with E-state index in [1.807, 2.05) is 43.5 Å². The van der Waals surface area contributed by atoms with Crippen molar-refractivity contribution in [3.63, 3.8) is 0 Å². The minimum Gasteiger partial charge on any atom is -0.494 e. The predicted octanol–water partition coefficient (Wildman–Crippen LogP) is 2.30. The Balaban J connectivity index is 1.29. The number of anilines is 1. The molecule has 0 aliphatic carbocycles. The number of amides is 1. The van der Waals surface area contributed by atoms with Gasteiger partial charge in [-0.15, -0.1) is 11.3 Å². The van der Waals surface area contributed by atoms with E-state index in [0.717, 1.165) is 48.3 Å². The summed E-state index contributed by atoms with van der Waals surface area (Å²) in [7, 11) is 0. The van der Waals surface area contributed by atoms with E-state index in [9.17, 15) is 9.59 Å². The van der Waals surface area contributed by atoms with E-state index in [1.54, 1.807) is 16.7 Å². The van der Waals surface area contributed by atoms with Crippen LogP contribution in [0.4, 0.5) is 5.69 Å². The zero-order valence-corrected chi connectivity index (χ0v) is 18.6. The fourth-order valence-corrected chi connectivity index (χ4v) is 4.46. The summed E-state index contributed by atoms with van der Waals surface area (Å²) in [6.07, 6.45) is 1.75. The molecule has 1 fully saturated rings. The van der Waals surface area contributed by atoms with Crippen LogP contribution in [0.2, 0.25) is 0 Å². The molecule has 2 aromatic heterocycles. The zero-order chi connectivity index (χ0) is 21.8. The highest BCUT2D eigenvalue weighted by Gasteiger charge is 2.26. The van der Waals surface area contributed by atoms with Gasteiger partial charge in [-0.05, 0) is 38.1 Å². The van der Waals surface area contributed by atoms with Crippen LogP contribution in [-0.2, 0) is 11.3 Å². The molecule has 0 saturated carbocycles. The maximum Gasteiger partial charge on any atom is 0.258 e. The minimum atomic E-state index is -0.223. The van der Waals surface area contributed by atoms with Crippen LogP contribution in [0.25, 0.3) is 4.96 Å². The van der Waals surface area contributed by atoms with E-state index in [-0.39, 0.29) is 17.5 Å². The number of hydrogen-bond acceptors (Lipinski definition) is 7. The molecule has 1 atom stereocenters. The first kappa shape index (κ1) is 21.5. The highest BCUT2D eigenvalue weighted by atomic mass is 32.1. The van der Waals surface area contributed by atoms with E-state index in [2.05, 4.69) is 20.1 Å². The van der Waals surface area contributed by atoms with Gasteiger partial charge in [0.25, 0.3) is 5.56 Å². The number of carbonyl (C=O) groups is 1. The third-order valence-corrected chi connectivity index (χ3v) is 6.27. The number of fused-ring (bicyclic) bond motifs is 1. The molecule has 3 aromatic rings. The first-order chi connectivity index (χ1) is 15.0. The van der Waals surface area contributed by atoms with E-state index in [1.165, 1.54) is 11.3 Å². The van der Waals surface area contributed by atoms with Crippen molar-refractivity contribution in [1.82, 2.24) is 19.2 Å². The van der Waals surface area contributed by atoms with Crippen LogP contribution in [0.3, 0.4) is 0 Å². The van der Waals surface area contributed by atoms with E-state index in [0.29, 0.717) is 13.2 Å². The molecule has 1 saturated heterocycles. The lowest BCUT2D eigenvalue weighted by Gasteiger charge is -2.37. The smallest absolute Gasteiger partial charge is 0.258 e. The van der Waals surface area contributed by atoms with Gasteiger partial charge in [0.05, 0.1) is 18.3 Å². The van der Waals surface area contributed by atoms with Crippen LogP contribution in [0.5, 0.6) is 5.75 Å². The quantitative estimate of drug-likeness (QED) is 0.606. The maximum atomic E-state index is 12.7. The number of hydrogen-bond donors (Lipinski definition) is 1. The van der Waals surface area contributed by atoms with Gasteiger partial charge in [-0.2, -0.15) is 0 Å². The number of benzene rings is 1. The average Bonchev–Trinajstić information content (AvgIpc) is 3.25. The zero-order valence-electron chi connectivity index (χ0n) is 17.8. The van der Waals surface area contributed by atoms with Crippen molar-refractivity contribution in [2.45, 2.75) is 26.4 Å². The highest BCUT2D eigenvalue weighted by molar-refractivity contribution is 7.15. The second-order valence-electron chi connectivity index (χ2n) is 7.58. The second kappa shape index (κ2) is 9.59. The molecule has 1 aliphatic heterocycles. The first-order valence-electron chi connectivity index (χ1n) is 10.5. The number of nitrogens with one attached hydrogen (secondary N) is 1. The summed E-state index contributed by atoms with van der Waals surface area (Å²) in [5, 5.41) is 4.85. The van der Waals surface area contributed by atoms with E-state index < -0.39 is 0 Å². The normalized spacial score (nSPS) is 16.3. The molecule has 31 heavy (non-hydrogen) atoms. The fraction of sp³-hybridized carbons (Fsp3) is 0.409. The number of piperazine rings is 1. The van der Waals surface area contributed by atoms with Crippen molar-refractivity contribution in [2.24, 2.45) is 0 Å². The molecule has 0 spiro atoms. The number of aromatic nitrogens is 2. The molecule has 8 nitrogen and oxygen atoms in total. The molecular weight excluding hydrogens is 414 g/mol. The Bertz CT molecular complexity index is 1090. The van der Waals surface area contributed by atoms with Crippen molar-refractivity contribution >= 4 is 27.9 Å². The van der Waals surface area contributed by atoms with Gasteiger partial charge >= 0.3 is 0 Å². The van der Waals surface area contributed by atoms with Gasteiger partial charge in [-0.3, -0.25) is 23.8 Å². The van der Waals surface area contributed by atoms with Crippen LogP contribution in [0, 0.1) is 0 Å². The monoisotopic (exact) mass is 441 g/mol. The lowest BCUT2D eigenvalue weighted by molar-refractivity contribution is -0.121. The van der Waals surface area contributed by atoms with Crippen molar-refractivity contribution < 1.29 is 9.53 Å².